The van der Waals surface area contributed by atoms with Gasteiger partial charge >= 0.3 is 0 Å². The van der Waals surface area contributed by atoms with Gasteiger partial charge in [-0.1, -0.05) is 13.5 Å². The number of hydrogen-bond donors (Lipinski definition) is 1. The van der Waals surface area contributed by atoms with Crippen molar-refractivity contribution in [1.82, 2.24) is 5.43 Å². The number of hydrazone groups is 1. The fraction of sp³-hybridized carbons (Fsp3) is 0.500. The van der Waals surface area contributed by atoms with E-state index in [-0.39, 0.29) is 0 Å². The average Bonchev–Trinajstić information content (AvgIpc) is 1.81. The molecule has 0 fully saturated rings. The molecule has 0 aromatic heterocycles. The average molecular weight is 112 g/mol. The summed E-state index contributed by atoms with van der Waals surface area (Å²) in [6.45, 7) is 6.50. The van der Waals surface area contributed by atoms with Crippen LogP contribution < -0.4 is 5.43 Å². The van der Waals surface area contributed by atoms with E-state index in [0.717, 1.165) is 13.0 Å². The topological polar surface area (TPSA) is 24.4 Å². The van der Waals surface area contributed by atoms with Gasteiger partial charge in [0.2, 0.25) is 0 Å². The van der Waals surface area contributed by atoms with Crippen LogP contribution in [0.3, 0.4) is 0 Å². The molecule has 2 nitrogen and oxygen atoms in total. The number of rotatable bonds is 4. The highest BCUT2D eigenvalue weighted by Crippen LogP contribution is 1.67. The normalized spacial score (nSPS) is 9.62. The molecule has 0 aliphatic heterocycles. The summed E-state index contributed by atoms with van der Waals surface area (Å²) in [7, 11) is 0. The van der Waals surface area contributed by atoms with E-state index in [1.807, 2.05) is 0 Å². The molecule has 0 spiro atoms. The SMILES string of the molecule is C=C/C=N\NCCC. The minimum absolute atomic E-state index is 0.935. The molecule has 0 aromatic carbocycles. The molecule has 0 unspecified atom stereocenters. The van der Waals surface area contributed by atoms with E-state index in [1.54, 1.807) is 12.3 Å². The number of hydrogen-bond acceptors (Lipinski definition) is 2. The van der Waals surface area contributed by atoms with Crippen LogP contribution in [0.1, 0.15) is 13.3 Å². The zero-order chi connectivity index (χ0) is 6.24. The van der Waals surface area contributed by atoms with Gasteiger partial charge in [0.15, 0.2) is 0 Å². The maximum absolute atomic E-state index is 3.79. The highest BCUT2D eigenvalue weighted by atomic mass is 15.3. The van der Waals surface area contributed by atoms with Gasteiger partial charge in [0.25, 0.3) is 0 Å². The highest BCUT2D eigenvalue weighted by Gasteiger charge is 1.69. The van der Waals surface area contributed by atoms with Crippen molar-refractivity contribution in [2.75, 3.05) is 6.54 Å². The van der Waals surface area contributed by atoms with Crippen LogP contribution in [0.5, 0.6) is 0 Å². The minimum Gasteiger partial charge on any atom is -0.310 e. The largest absolute Gasteiger partial charge is 0.310 e. The van der Waals surface area contributed by atoms with Gasteiger partial charge in [0, 0.05) is 12.8 Å². The molecule has 0 saturated heterocycles. The first-order valence-electron chi connectivity index (χ1n) is 2.78. The summed E-state index contributed by atoms with van der Waals surface area (Å²) in [4.78, 5) is 0. The molecule has 0 saturated carbocycles. The maximum atomic E-state index is 3.79. The second kappa shape index (κ2) is 6.21. The fourth-order valence-corrected chi connectivity index (χ4v) is 0.282. The molecule has 0 aromatic rings. The summed E-state index contributed by atoms with van der Waals surface area (Å²) in [5, 5.41) is 3.79. The second-order valence-corrected chi connectivity index (χ2v) is 1.42. The third-order valence-corrected chi connectivity index (χ3v) is 0.633. The van der Waals surface area contributed by atoms with Crippen molar-refractivity contribution in [3.63, 3.8) is 0 Å². The van der Waals surface area contributed by atoms with Gasteiger partial charge in [-0.25, -0.2) is 0 Å². The van der Waals surface area contributed by atoms with Crippen molar-refractivity contribution in [3.8, 4) is 0 Å². The van der Waals surface area contributed by atoms with Crippen LogP contribution in [0.15, 0.2) is 17.8 Å². The van der Waals surface area contributed by atoms with Gasteiger partial charge in [-0.3, -0.25) is 0 Å². The smallest absolute Gasteiger partial charge is 0.0462 e. The molecule has 8 heavy (non-hydrogen) atoms. The molecule has 0 aliphatic carbocycles. The van der Waals surface area contributed by atoms with E-state index in [9.17, 15) is 0 Å². The lowest BCUT2D eigenvalue weighted by molar-refractivity contribution is 0.720. The predicted molar refractivity (Wildman–Crippen MR) is 37.0 cm³/mol. The molecule has 0 rings (SSSR count). The standard InChI is InChI=1S/C6H12N2/c1-3-5-7-8-6-4-2/h3,5,8H,1,4,6H2,2H3/b7-5-. The Kier molecular flexibility index (Phi) is 5.60. The Balaban J connectivity index is 2.91. The van der Waals surface area contributed by atoms with Crippen LogP contribution in [-0.4, -0.2) is 12.8 Å². The number of allylic oxidation sites excluding steroid dienone is 1. The van der Waals surface area contributed by atoms with E-state index < -0.39 is 0 Å². The van der Waals surface area contributed by atoms with Crippen molar-refractivity contribution in [3.05, 3.63) is 12.7 Å². The van der Waals surface area contributed by atoms with E-state index >= 15 is 0 Å². The lowest BCUT2D eigenvalue weighted by Gasteiger charge is -1.90. The fourth-order valence-electron chi connectivity index (χ4n) is 0.282. The molecule has 0 bridgehead atoms. The Morgan fingerprint density at radius 1 is 1.75 bits per heavy atom. The van der Waals surface area contributed by atoms with Crippen LogP contribution in [0.4, 0.5) is 0 Å². The first-order chi connectivity index (χ1) is 3.91. The molecule has 0 radical (unpaired) electrons. The Bertz CT molecular complexity index is 76.6. The summed E-state index contributed by atoms with van der Waals surface area (Å²) in [6.07, 6.45) is 4.38. The van der Waals surface area contributed by atoms with Gasteiger partial charge in [-0.2, -0.15) is 5.10 Å². The van der Waals surface area contributed by atoms with E-state index in [0.29, 0.717) is 0 Å². The highest BCUT2D eigenvalue weighted by molar-refractivity contribution is 5.69. The third-order valence-electron chi connectivity index (χ3n) is 0.633. The summed E-state index contributed by atoms with van der Waals surface area (Å²) in [6, 6.07) is 0. The lowest BCUT2D eigenvalue weighted by Crippen LogP contribution is -2.04. The zero-order valence-electron chi connectivity index (χ0n) is 5.22. The van der Waals surface area contributed by atoms with Gasteiger partial charge in [-0.15, -0.1) is 0 Å². The molecular weight excluding hydrogens is 100 g/mol. The second-order valence-electron chi connectivity index (χ2n) is 1.42. The molecule has 46 valence electrons. The van der Waals surface area contributed by atoms with Gasteiger partial charge in [0.1, 0.15) is 0 Å². The van der Waals surface area contributed by atoms with Crippen molar-refractivity contribution < 1.29 is 0 Å². The summed E-state index contributed by atoms with van der Waals surface area (Å²) >= 11 is 0. The van der Waals surface area contributed by atoms with Crippen molar-refractivity contribution in [1.29, 1.82) is 0 Å². The molecular formula is C6H12N2. The van der Waals surface area contributed by atoms with Crippen LogP contribution in [0, 0.1) is 0 Å². The van der Waals surface area contributed by atoms with E-state index in [2.05, 4.69) is 24.0 Å². The molecule has 2 heteroatoms. The Labute approximate surface area is 50.3 Å². The Hall–Kier alpha value is -0.790. The van der Waals surface area contributed by atoms with Gasteiger partial charge in [-0.05, 0) is 12.5 Å². The van der Waals surface area contributed by atoms with E-state index in [4.69, 9.17) is 0 Å². The molecule has 0 atom stereocenters. The quantitative estimate of drug-likeness (QED) is 0.329. The Morgan fingerprint density at radius 3 is 3.00 bits per heavy atom. The first-order valence-corrected chi connectivity index (χ1v) is 2.78. The van der Waals surface area contributed by atoms with E-state index in [1.165, 1.54) is 0 Å². The van der Waals surface area contributed by atoms with Gasteiger partial charge in [0.05, 0.1) is 0 Å². The van der Waals surface area contributed by atoms with Crippen LogP contribution in [0.2, 0.25) is 0 Å². The molecule has 0 aliphatic rings. The van der Waals surface area contributed by atoms with Gasteiger partial charge < -0.3 is 5.43 Å². The monoisotopic (exact) mass is 112 g/mol. The van der Waals surface area contributed by atoms with Crippen LogP contribution >= 0.6 is 0 Å². The first kappa shape index (κ1) is 7.21. The Morgan fingerprint density at radius 2 is 2.50 bits per heavy atom. The molecule has 0 amide bonds. The van der Waals surface area contributed by atoms with Crippen molar-refractivity contribution >= 4 is 6.21 Å². The molecule has 0 heterocycles. The summed E-state index contributed by atoms with van der Waals surface area (Å²) in [5.41, 5.74) is 2.83. The predicted octanol–water partition coefficient (Wildman–Crippen LogP) is 1.16. The summed E-state index contributed by atoms with van der Waals surface area (Å²) in [5.74, 6) is 0. The maximum Gasteiger partial charge on any atom is 0.0462 e. The lowest BCUT2D eigenvalue weighted by atomic mass is 10.5. The van der Waals surface area contributed by atoms with Crippen LogP contribution in [0.25, 0.3) is 0 Å². The minimum atomic E-state index is 0.935. The molecule has 1 N–H and O–H groups in total. The third kappa shape index (κ3) is 5.21. The summed E-state index contributed by atoms with van der Waals surface area (Å²) < 4.78 is 0. The number of nitrogens with zero attached hydrogens (tertiary/aromatic N) is 1. The van der Waals surface area contributed by atoms with Crippen molar-refractivity contribution in [2.24, 2.45) is 5.10 Å². The van der Waals surface area contributed by atoms with Crippen LogP contribution in [-0.2, 0) is 0 Å². The zero-order valence-corrected chi connectivity index (χ0v) is 5.22. The van der Waals surface area contributed by atoms with Crippen molar-refractivity contribution in [2.45, 2.75) is 13.3 Å². The number of nitrogens with one attached hydrogen (secondary N) is 1.